The third-order valence-electron chi connectivity index (χ3n) is 14.3. The maximum Gasteiger partial charge on any atom is 0.340 e. The standard InChI is InChI=1S/C53H77FN4O23/c1-5-30(19-59)79-43(27-76-25-41(64)55-9-10-73-11-12-74-13-14-77-51-49(67)48(66)47(65)40(22-62)81-51)78-24-31(20-60)80-42(72-4)26-75-23-29(63)17-56-37-8-7-32-28(3)36(54)16-38-44(32)45(37)33-18-58-39(46(33)57-38)15-35(34(21-61)50(58)68)53(71,6-2)52(69)70/h15-16,30-31,37,40,42-43,47-49,51,56,59-62,65-67,71H,5-14,17-27H2,1-4H3,(H,55,64)(H,69,70)/t30?,31?,37-,40?,42?,43?,47?,48?,49?,51?,53-/m0/s1. The Morgan fingerprint density at radius 1 is 0.889 bits per heavy atom. The van der Waals surface area contributed by atoms with Crippen LogP contribution in [0.1, 0.15) is 72.5 Å². The third kappa shape index (κ3) is 16.2. The Morgan fingerprint density at radius 2 is 1.58 bits per heavy atom. The summed E-state index contributed by atoms with van der Waals surface area (Å²) in [6.45, 7) is 1.57. The SMILES string of the molecule is CCC(CO)OC(COCC(=O)NCCOCCOCCOC1OC(CO)C(O)C(O)C1O)OCC(CO)OC(COCC(=O)CN[C@H]1CCc2c(C)c(F)cc3nc4c(c1c23)Cn1c-4cc([C@@](O)(CC)C(=O)O)c(CO)c1=O)OC. The third-order valence-corrected chi connectivity index (χ3v) is 14.3. The number of aryl methyl sites for hydroxylation is 1. The van der Waals surface area contributed by atoms with E-state index in [0.717, 1.165) is 5.56 Å². The van der Waals surface area contributed by atoms with E-state index >= 15 is 4.39 Å². The number of ketones is 1. The fourth-order valence-corrected chi connectivity index (χ4v) is 9.73. The zero-order chi connectivity index (χ0) is 59.0. The number of benzene rings is 1. The molecule has 1 aliphatic carbocycles. The van der Waals surface area contributed by atoms with Crippen molar-refractivity contribution in [2.24, 2.45) is 0 Å². The second-order valence-electron chi connectivity index (χ2n) is 19.6. The van der Waals surface area contributed by atoms with Gasteiger partial charge in [-0.15, -0.1) is 0 Å². The van der Waals surface area contributed by atoms with Crippen LogP contribution in [0.4, 0.5) is 4.39 Å². The van der Waals surface area contributed by atoms with Gasteiger partial charge < -0.3 is 109 Å². The number of pyridine rings is 2. The minimum absolute atomic E-state index is 0.0232. The molecule has 1 fully saturated rings. The highest BCUT2D eigenvalue weighted by molar-refractivity contribution is 5.93. The van der Waals surface area contributed by atoms with Crippen molar-refractivity contribution in [3.05, 3.63) is 61.7 Å². The van der Waals surface area contributed by atoms with Crippen LogP contribution in [0.25, 0.3) is 22.3 Å². The lowest BCUT2D eigenvalue weighted by Gasteiger charge is -2.39. The topological polar surface area (TPSA) is 385 Å². The summed E-state index contributed by atoms with van der Waals surface area (Å²) in [5.74, 6) is -2.93. The molecule has 0 spiro atoms. The van der Waals surface area contributed by atoms with Crippen LogP contribution in [0.2, 0.25) is 0 Å². The molecule has 2 aromatic heterocycles. The van der Waals surface area contributed by atoms with Gasteiger partial charge in [0.1, 0.15) is 49.6 Å². The second kappa shape index (κ2) is 31.3. The molecule has 9 unspecified atom stereocenters. The fraction of sp³-hybridized carbons (Fsp3) is 0.679. The number of amides is 1. The Bertz CT molecular complexity index is 2620. The smallest absolute Gasteiger partial charge is 0.340 e. The highest BCUT2D eigenvalue weighted by Gasteiger charge is 2.45. The van der Waals surface area contributed by atoms with Crippen LogP contribution in [0.15, 0.2) is 16.9 Å². The van der Waals surface area contributed by atoms with E-state index in [-0.39, 0.29) is 133 Å². The van der Waals surface area contributed by atoms with Crippen LogP contribution < -0.4 is 16.2 Å². The number of rotatable bonds is 37. The zero-order valence-corrected chi connectivity index (χ0v) is 45.8. The number of carbonyl (C=O) groups is 3. The first-order valence-electron chi connectivity index (χ1n) is 26.8. The van der Waals surface area contributed by atoms with Crippen LogP contribution in [0.5, 0.6) is 0 Å². The summed E-state index contributed by atoms with van der Waals surface area (Å²) in [6.07, 6.45) is -9.79. The van der Waals surface area contributed by atoms with E-state index in [2.05, 4.69) is 10.6 Å². The number of carbonyl (C=O) groups excluding carboxylic acids is 2. The van der Waals surface area contributed by atoms with Gasteiger partial charge in [0, 0.05) is 47.8 Å². The number of carboxylic acids is 1. The number of nitrogens with one attached hydrogen (secondary N) is 2. The van der Waals surface area contributed by atoms with Crippen LogP contribution in [-0.4, -0.2) is 235 Å². The maximum atomic E-state index is 15.4. The number of aromatic nitrogens is 2. The summed E-state index contributed by atoms with van der Waals surface area (Å²) in [5.41, 5.74) is -0.592. The van der Waals surface area contributed by atoms with Gasteiger partial charge in [0.2, 0.25) is 5.91 Å². The summed E-state index contributed by atoms with van der Waals surface area (Å²) in [6, 6.07) is 2.14. The predicted molar refractivity (Wildman–Crippen MR) is 278 cm³/mol. The van der Waals surface area contributed by atoms with Gasteiger partial charge in [-0.3, -0.25) is 14.4 Å². The van der Waals surface area contributed by atoms with E-state index in [1.54, 1.807) is 13.8 Å². The summed E-state index contributed by atoms with van der Waals surface area (Å²) >= 11 is 0. The molecule has 2 aliphatic heterocycles. The number of Topliss-reactive ketones (excluding diaryl/α,β-unsaturated/α-hetero) is 1. The molecule has 1 saturated heterocycles. The average Bonchev–Trinajstić information content (AvgIpc) is 3.84. The van der Waals surface area contributed by atoms with Gasteiger partial charge in [0.05, 0.1) is 115 Å². The summed E-state index contributed by atoms with van der Waals surface area (Å²) < 4.78 is 72.4. The number of nitrogens with zero attached hydrogens (tertiary/aromatic N) is 2. The van der Waals surface area contributed by atoms with Crippen LogP contribution in [0, 0.1) is 12.7 Å². The maximum absolute atomic E-state index is 15.4. The fourth-order valence-electron chi connectivity index (χ4n) is 9.73. The van der Waals surface area contributed by atoms with Crippen LogP contribution in [-0.2, 0) is 86.9 Å². The van der Waals surface area contributed by atoms with Crippen LogP contribution >= 0.6 is 0 Å². The van der Waals surface area contributed by atoms with Crippen molar-refractivity contribution in [2.45, 2.75) is 127 Å². The van der Waals surface area contributed by atoms with Crippen molar-refractivity contribution in [3.8, 4) is 11.4 Å². The molecule has 0 bridgehead atoms. The molecule has 0 saturated carbocycles. The molecule has 3 aliphatic rings. The number of fused-ring (bicyclic) bond motifs is 4. The highest BCUT2D eigenvalue weighted by Crippen LogP contribution is 2.45. The molecule has 1 amide bonds. The molecule has 4 heterocycles. The normalized spacial score (nSPS) is 21.7. The Balaban J connectivity index is 0.938. The Hall–Kier alpha value is -4.64. The van der Waals surface area contributed by atoms with Gasteiger partial charge in [-0.05, 0) is 55.4 Å². The molecular formula is C53H77FN4O23. The first-order valence-corrected chi connectivity index (χ1v) is 26.8. The number of aliphatic hydroxyl groups is 8. The lowest BCUT2D eigenvalue weighted by atomic mass is 9.81. The predicted octanol–water partition coefficient (Wildman–Crippen LogP) is -2.33. The highest BCUT2D eigenvalue weighted by atomic mass is 19.1. The Kier molecular flexibility index (Phi) is 25.3. The van der Waals surface area contributed by atoms with E-state index in [9.17, 15) is 65.1 Å². The lowest BCUT2D eigenvalue weighted by molar-refractivity contribution is -0.302. The average molecular weight is 1160 g/mol. The van der Waals surface area contributed by atoms with Gasteiger partial charge >= 0.3 is 5.97 Å². The minimum atomic E-state index is -2.50. The molecule has 27 nitrogen and oxygen atoms in total. The number of hydrogen-bond acceptors (Lipinski definition) is 24. The number of aliphatic hydroxyl groups excluding tert-OH is 7. The number of methoxy groups -OCH3 is 1. The first-order chi connectivity index (χ1) is 38.9. The van der Waals surface area contributed by atoms with E-state index in [1.165, 1.54) is 30.7 Å². The van der Waals surface area contributed by atoms with Crippen LogP contribution in [0.3, 0.4) is 0 Å². The minimum Gasteiger partial charge on any atom is -0.479 e. The molecule has 454 valence electrons. The quantitative estimate of drug-likeness (QED) is 0.0167. The van der Waals surface area contributed by atoms with Crippen molar-refractivity contribution in [1.29, 1.82) is 0 Å². The molecule has 11 N–H and O–H groups in total. The van der Waals surface area contributed by atoms with Gasteiger partial charge in [-0.25, -0.2) is 14.2 Å². The van der Waals surface area contributed by atoms with Gasteiger partial charge in [-0.1, -0.05) is 13.8 Å². The van der Waals surface area contributed by atoms with E-state index in [4.69, 9.17) is 52.4 Å². The number of hydrogen-bond donors (Lipinski definition) is 11. The van der Waals surface area contributed by atoms with E-state index in [0.29, 0.717) is 41.3 Å². The van der Waals surface area contributed by atoms with Gasteiger partial charge in [0.15, 0.2) is 30.3 Å². The largest absolute Gasteiger partial charge is 0.479 e. The molecule has 0 radical (unpaired) electrons. The van der Waals surface area contributed by atoms with Crippen molar-refractivity contribution in [3.63, 3.8) is 0 Å². The first kappa shape index (κ1) is 65.5. The number of carboxylic acid groups (broad SMARTS) is 1. The molecular weight excluding hydrogens is 1080 g/mol. The number of halogens is 1. The Morgan fingerprint density at radius 3 is 2.25 bits per heavy atom. The Labute approximate surface area is 465 Å². The molecule has 6 rings (SSSR count). The van der Waals surface area contributed by atoms with Gasteiger partial charge in [-0.2, -0.15) is 0 Å². The second-order valence-corrected chi connectivity index (χ2v) is 19.6. The van der Waals surface area contributed by atoms with Crippen molar-refractivity contribution in [1.82, 2.24) is 20.2 Å². The zero-order valence-electron chi connectivity index (χ0n) is 45.8. The molecule has 11 atom stereocenters. The van der Waals surface area contributed by atoms with Crippen molar-refractivity contribution < 1.29 is 112 Å². The molecule has 81 heavy (non-hydrogen) atoms. The summed E-state index contributed by atoms with van der Waals surface area (Å²) in [7, 11) is 1.33. The number of aliphatic carboxylic acids is 1. The summed E-state index contributed by atoms with van der Waals surface area (Å²) in [5, 5.41) is 97.1. The lowest BCUT2D eigenvalue weighted by Crippen LogP contribution is -2.59. The molecule has 28 heteroatoms. The molecule has 1 aromatic carbocycles. The van der Waals surface area contributed by atoms with Crippen molar-refractivity contribution in [2.75, 3.05) is 106 Å². The van der Waals surface area contributed by atoms with E-state index < -0.39 is 110 Å². The summed E-state index contributed by atoms with van der Waals surface area (Å²) in [4.78, 5) is 56.9. The monoisotopic (exact) mass is 1160 g/mol. The van der Waals surface area contributed by atoms with E-state index in [1.807, 2.05) is 0 Å². The van der Waals surface area contributed by atoms with Crippen molar-refractivity contribution >= 4 is 28.6 Å². The van der Waals surface area contributed by atoms with Gasteiger partial charge in [0.25, 0.3) is 5.56 Å². The number of ether oxygens (including phenoxy) is 10. The molecule has 3 aromatic rings.